The largest absolute Gasteiger partial charge is 0.494 e. The number of carbonyl (C=O) groups is 1. The molecule has 0 bridgehead atoms. The van der Waals surface area contributed by atoms with Gasteiger partial charge in [-0.1, -0.05) is 23.7 Å². The van der Waals surface area contributed by atoms with E-state index in [9.17, 15) is 4.79 Å². The number of nitrogen functional groups attached to an aromatic ring is 1. The second-order valence-electron chi connectivity index (χ2n) is 4.33. The van der Waals surface area contributed by atoms with Crippen LogP contribution in [0.25, 0.3) is 6.08 Å². The van der Waals surface area contributed by atoms with E-state index in [0.717, 1.165) is 5.56 Å². The molecule has 1 amide bonds. The van der Waals surface area contributed by atoms with Crippen LogP contribution < -0.4 is 15.8 Å². The Labute approximate surface area is 128 Å². The number of rotatable bonds is 4. The summed E-state index contributed by atoms with van der Waals surface area (Å²) >= 11 is 5.80. The third-order valence-corrected chi connectivity index (χ3v) is 3.03. The van der Waals surface area contributed by atoms with Crippen LogP contribution in [-0.2, 0) is 4.79 Å². The van der Waals surface area contributed by atoms with Crippen molar-refractivity contribution in [1.29, 1.82) is 0 Å². The van der Waals surface area contributed by atoms with Gasteiger partial charge in [-0.2, -0.15) is 0 Å². The summed E-state index contributed by atoms with van der Waals surface area (Å²) in [5.41, 5.74) is 7.69. The van der Waals surface area contributed by atoms with Crippen molar-refractivity contribution in [2.45, 2.75) is 0 Å². The van der Waals surface area contributed by atoms with Gasteiger partial charge in [0.25, 0.3) is 0 Å². The molecule has 0 fully saturated rings. The van der Waals surface area contributed by atoms with Crippen LogP contribution in [-0.4, -0.2) is 13.0 Å². The summed E-state index contributed by atoms with van der Waals surface area (Å²) in [5, 5.41) is 3.39. The molecule has 108 valence electrons. The molecule has 0 aromatic heterocycles. The van der Waals surface area contributed by atoms with E-state index >= 15 is 0 Å². The number of ether oxygens (including phenoxy) is 1. The minimum atomic E-state index is -0.256. The zero-order valence-corrected chi connectivity index (χ0v) is 12.2. The molecule has 4 nitrogen and oxygen atoms in total. The predicted octanol–water partition coefficient (Wildman–Crippen LogP) is 3.58. The Morgan fingerprint density at radius 1 is 1.24 bits per heavy atom. The highest BCUT2D eigenvalue weighted by molar-refractivity contribution is 6.30. The van der Waals surface area contributed by atoms with Gasteiger partial charge in [0.15, 0.2) is 0 Å². The molecule has 0 aliphatic rings. The summed E-state index contributed by atoms with van der Waals surface area (Å²) in [6, 6.07) is 12.2. The van der Waals surface area contributed by atoms with Crippen molar-refractivity contribution in [2.75, 3.05) is 18.2 Å². The minimum Gasteiger partial charge on any atom is -0.494 e. The van der Waals surface area contributed by atoms with Gasteiger partial charge >= 0.3 is 0 Å². The molecule has 3 N–H and O–H groups in total. The van der Waals surface area contributed by atoms with E-state index in [1.807, 2.05) is 12.1 Å². The lowest BCUT2D eigenvalue weighted by Gasteiger charge is -2.09. The Balaban J connectivity index is 2.06. The van der Waals surface area contributed by atoms with Crippen LogP contribution in [0.4, 0.5) is 11.4 Å². The van der Waals surface area contributed by atoms with E-state index in [0.29, 0.717) is 22.1 Å². The molecule has 2 aromatic rings. The maximum Gasteiger partial charge on any atom is 0.248 e. The third kappa shape index (κ3) is 4.26. The summed E-state index contributed by atoms with van der Waals surface area (Å²) in [6.45, 7) is 0. The van der Waals surface area contributed by atoms with Crippen molar-refractivity contribution < 1.29 is 9.53 Å². The molecule has 0 aliphatic carbocycles. The summed E-state index contributed by atoms with van der Waals surface area (Å²) < 4.78 is 5.17. The van der Waals surface area contributed by atoms with Gasteiger partial charge in [-0.15, -0.1) is 0 Å². The standard InChI is InChI=1S/C16H15ClN2O2/c1-21-15-10-13(18)7-8-14(15)19-16(20)9-4-11-2-5-12(17)6-3-11/h2-10H,18H2,1H3,(H,19,20)/b9-4+. The molecule has 21 heavy (non-hydrogen) atoms. The molecule has 0 atom stereocenters. The first-order chi connectivity index (χ1) is 10.1. The first-order valence-corrected chi connectivity index (χ1v) is 6.64. The number of benzene rings is 2. The Kier molecular flexibility index (Phi) is 4.85. The minimum absolute atomic E-state index is 0.256. The van der Waals surface area contributed by atoms with Crippen LogP contribution >= 0.6 is 11.6 Å². The lowest BCUT2D eigenvalue weighted by atomic mass is 10.2. The second kappa shape index (κ2) is 6.81. The smallest absolute Gasteiger partial charge is 0.248 e. The molecule has 2 aromatic carbocycles. The van der Waals surface area contributed by atoms with E-state index in [4.69, 9.17) is 22.1 Å². The highest BCUT2D eigenvalue weighted by Gasteiger charge is 2.05. The average molecular weight is 303 g/mol. The van der Waals surface area contributed by atoms with Crippen molar-refractivity contribution in [3.05, 3.63) is 59.1 Å². The van der Waals surface area contributed by atoms with Gasteiger partial charge in [-0.25, -0.2) is 0 Å². The van der Waals surface area contributed by atoms with Crippen LogP contribution in [0.2, 0.25) is 5.02 Å². The Hall–Kier alpha value is -2.46. The molecule has 2 rings (SSSR count). The van der Waals surface area contributed by atoms with Crippen molar-refractivity contribution in [3.8, 4) is 5.75 Å². The van der Waals surface area contributed by atoms with E-state index in [1.54, 1.807) is 36.4 Å². The van der Waals surface area contributed by atoms with E-state index in [2.05, 4.69) is 5.32 Å². The molecule has 0 unspecified atom stereocenters. The van der Waals surface area contributed by atoms with E-state index < -0.39 is 0 Å². The molecular weight excluding hydrogens is 288 g/mol. The fraction of sp³-hybridized carbons (Fsp3) is 0.0625. The molecule has 0 saturated carbocycles. The van der Waals surface area contributed by atoms with Crippen molar-refractivity contribution in [2.24, 2.45) is 0 Å². The van der Waals surface area contributed by atoms with E-state index in [-0.39, 0.29) is 5.91 Å². The number of halogens is 1. The average Bonchev–Trinajstić information content (AvgIpc) is 2.48. The molecular formula is C16H15ClN2O2. The molecule has 0 aliphatic heterocycles. The molecule has 0 radical (unpaired) electrons. The van der Waals surface area contributed by atoms with Gasteiger partial charge in [-0.05, 0) is 35.9 Å². The molecule has 0 heterocycles. The lowest BCUT2D eigenvalue weighted by Crippen LogP contribution is -2.09. The molecule has 0 saturated heterocycles. The third-order valence-electron chi connectivity index (χ3n) is 2.78. The van der Waals surface area contributed by atoms with E-state index in [1.165, 1.54) is 13.2 Å². The molecule has 0 spiro atoms. The van der Waals surface area contributed by atoms with Crippen LogP contribution in [0.15, 0.2) is 48.5 Å². The lowest BCUT2D eigenvalue weighted by molar-refractivity contribution is -0.111. The number of nitrogens with two attached hydrogens (primary N) is 1. The second-order valence-corrected chi connectivity index (χ2v) is 4.77. The number of hydrogen-bond acceptors (Lipinski definition) is 3. The highest BCUT2D eigenvalue weighted by atomic mass is 35.5. The molecule has 5 heteroatoms. The normalized spacial score (nSPS) is 10.6. The van der Waals surface area contributed by atoms with Gasteiger partial charge < -0.3 is 15.8 Å². The van der Waals surface area contributed by atoms with Gasteiger partial charge in [0.1, 0.15) is 5.75 Å². The van der Waals surface area contributed by atoms with Crippen LogP contribution in [0.5, 0.6) is 5.75 Å². The first-order valence-electron chi connectivity index (χ1n) is 6.26. The van der Waals surface area contributed by atoms with Crippen LogP contribution in [0.3, 0.4) is 0 Å². The SMILES string of the molecule is COc1cc(N)ccc1NC(=O)/C=C/c1ccc(Cl)cc1. The number of methoxy groups -OCH3 is 1. The Morgan fingerprint density at radius 2 is 1.95 bits per heavy atom. The number of amides is 1. The van der Waals surface area contributed by atoms with Crippen LogP contribution in [0, 0.1) is 0 Å². The number of nitrogens with one attached hydrogen (secondary N) is 1. The number of hydrogen-bond donors (Lipinski definition) is 2. The maximum absolute atomic E-state index is 11.9. The Bertz CT molecular complexity index is 666. The fourth-order valence-electron chi connectivity index (χ4n) is 1.73. The summed E-state index contributed by atoms with van der Waals surface area (Å²) in [4.78, 5) is 11.9. The van der Waals surface area contributed by atoms with Crippen molar-refractivity contribution >= 4 is 35.0 Å². The zero-order valence-electron chi connectivity index (χ0n) is 11.5. The van der Waals surface area contributed by atoms with Gasteiger partial charge in [-0.3, -0.25) is 4.79 Å². The highest BCUT2D eigenvalue weighted by Crippen LogP contribution is 2.26. The number of carbonyl (C=O) groups excluding carboxylic acids is 1. The van der Waals surface area contributed by atoms with Gasteiger partial charge in [0, 0.05) is 22.9 Å². The summed E-state index contributed by atoms with van der Waals surface area (Å²) in [6.07, 6.45) is 3.15. The topological polar surface area (TPSA) is 64.3 Å². The monoisotopic (exact) mass is 302 g/mol. The quantitative estimate of drug-likeness (QED) is 0.670. The predicted molar refractivity (Wildman–Crippen MR) is 86.5 cm³/mol. The van der Waals surface area contributed by atoms with Crippen molar-refractivity contribution in [1.82, 2.24) is 0 Å². The maximum atomic E-state index is 11.9. The summed E-state index contributed by atoms with van der Waals surface area (Å²) in [5.74, 6) is 0.260. The first kappa shape index (κ1) is 14.9. The Morgan fingerprint density at radius 3 is 2.62 bits per heavy atom. The van der Waals surface area contributed by atoms with Gasteiger partial charge in [0.05, 0.1) is 12.8 Å². The number of anilines is 2. The van der Waals surface area contributed by atoms with Crippen molar-refractivity contribution in [3.63, 3.8) is 0 Å². The zero-order chi connectivity index (χ0) is 15.2. The van der Waals surface area contributed by atoms with Gasteiger partial charge in [0.2, 0.25) is 5.91 Å². The summed E-state index contributed by atoms with van der Waals surface area (Å²) in [7, 11) is 1.52. The fourth-order valence-corrected chi connectivity index (χ4v) is 1.86. The van der Waals surface area contributed by atoms with Crippen LogP contribution in [0.1, 0.15) is 5.56 Å².